The number of hydrogen-bond acceptors (Lipinski definition) is 4. The molecule has 170 valence electrons. The average Bonchev–Trinajstić information content (AvgIpc) is 3.01. The second-order valence-corrected chi connectivity index (χ2v) is 9.19. The number of hydrogen-bond donors (Lipinski definition) is 2. The van der Waals surface area contributed by atoms with Crippen molar-refractivity contribution in [3.63, 3.8) is 0 Å². The first-order valence-electron chi connectivity index (χ1n) is 10.5. The molecule has 0 bridgehead atoms. The summed E-state index contributed by atoms with van der Waals surface area (Å²) in [5.74, 6) is -1.03. The summed E-state index contributed by atoms with van der Waals surface area (Å²) in [6.45, 7) is 5.98. The van der Waals surface area contributed by atoms with E-state index in [0.29, 0.717) is 10.7 Å². The van der Waals surface area contributed by atoms with Gasteiger partial charge in [0.25, 0.3) is 5.91 Å². The molecule has 2 heterocycles. The van der Waals surface area contributed by atoms with Gasteiger partial charge >= 0.3 is 6.03 Å². The number of urea groups is 1. The third-order valence-corrected chi connectivity index (χ3v) is 6.20. The van der Waals surface area contributed by atoms with Crippen LogP contribution >= 0.6 is 11.6 Å². The molecule has 0 spiro atoms. The van der Waals surface area contributed by atoms with Gasteiger partial charge in [0.15, 0.2) is 0 Å². The van der Waals surface area contributed by atoms with Crippen LogP contribution in [0.2, 0.25) is 5.02 Å². The molecule has 8 heteroatoms. The van der Waals surface area contributed by atoms with E-state index in [2.05, 4.69) is 42.4 Å². The Bertz CT molecular complexity index is 1210. The van der Waals surface area contributed by atoms with Gasteiger partial charge in [-0.2, -0.15) is 0 Å². The Morgan fingerprint density at radius 1 is 1.15 bits per heavy atom. The molecule has 2 aliphatic rings. The third-order valence-electron chi connectivity index (χ3n) is 5.94. The number of rotatable bonds is 4. The van der Waals surface area contributed by atoms with Crippen LogP contribution in [0.4, 0.5) is 16.2 Å². The molecule has 2 aromatic rings. The highest BCUT2D eigenvalue weighted by atomic mass is 35.5. The number of anilines is 2. The number of likely N-dealkylation sites (N-methyl/N-ethyl adjacent to an activating group) is 1. The van der Waals surface area contributed by atoms with Gasteiger partial charge in [-0.25, -0.2) is 9.69 Å². The van der Waals surface area contributed by atoms with Crippen LogP contribution in [-0.4, -0.2) is 41.9 Å². The summed E-state index contributed by atoms with van der Waals surface area (Å²) in [6.07, 6.45) is 3.83. The van der Waals surface area contributed by atoms with Gasteiger partial charge in [-0.15, -0.1) is 0 Å². The fraction of sp³-hybridized carbons (Fsp3) is 0.240. The summed E-state index contributed by atoms with van der Waals surface area (Å²) in [5.41, 5.74) is 4.66. The molecular formula is C25H25ClN4O3. The first-order valence-corrected chi connectivity index (χ1v) is 10.9. The molecule has 2 aromatic carbocycles. The van der Waals surface area contributed by atoms with Gasteiger partial charge in [-0.05, 0) is 74.4 Å². The van der Waals surface area contributed by atoms with E-state index in [1.54, 1.807) is 30.3 Å². The molecule has 0 aliphatic carbocycles. The normalized spacial score (nSPS) is 18.2. The van der Waals surface area contributed by atoms with Crippen LogP contribution in [0.15, 0.2) is 54.2 Å². The van der Waals surface area contributed by atoms with Gasteiger partial charge in [0.05, 0.1) is 5.54 Å². The highest BCUT2D eigenvalue weighted by molar-refractivity contribution is 6.30. The van der Waals surface area contributed by atoms with Gasteiger partial charge < -0.3 is 15.5 Å². The summed E-state index contributed by atoms with van der Waals surface area (Å²) in [5, 5.41) is 5.76. The summed E-state index contributed by atoms with van der Waals surface area (Å²) >= 11 is 5.84. The second-order valence-electron chi connectivity index (χ2n) is 8.75. The molecule has 0 radical (unpaired) electrons. The molecule has 0 saturated carbocycles. The molecule has 4 amide bonds. The fourth-order valence-corrected chi connectivity index (χ4v) is 4.15. The van der Waals surface area contributed by atoms with E-state index in [0.717, 1.165) is 27.3 Å². The number of fused-ring (bicyclic) bond motifs is 1. The minimum atomic E-state index is -0.631. The van der Waals surface area contributed by atoms with Gasteiger partial charge in [-0.1, -0.05) is 23.7 Å². The number of allylic oxidation sites excluding steroid dienone is 1. The van der Waals surface area contributed by atoms with Crippen molar-refractivity contribution >= 4 is 52.5 Å². The predicted octanol–water partition coefficient (Wildman–Crippen LogP) is 4.50. The number of benzene rings is 2. The van der Waals surface area contributed by atoms with Gasteiger partial charge in [0.2, 0.25) is 5.91 Å². The van der Waals surface area contributed by atoms with E-state index in [1.807, 2.05) is 25.2 Å². The molecule has 0 atom stereocenters. The molecular weight excluding hydrogens is 440 g/mol. The lowest BCUT2D eigenvalue weighted by Crippen LogP contribution is -2.42. The number of halogens is 1. The number of carbonyl (C=O) groups excluding carboxylic acids is 3. The number of amides is 4. The molecule has 4 rings (SSSR count). The zero-order valence-electron chi connectivity index (χ0n) is 18.9. The van der Waals surface area contributed by atoms with E-state index in [-0.39, 0.29) is 11.2 Å². The number of imide groups is 1. The van der Waals surface area contributed by atoms with Crippen molar-refractivity contribution in [2.75, 3.05) is 23.8 Å². The van der Waals surface area contributed by atoms with Crippen molar-refractivity contribution in [1.82, 2.24) is 10.2 Å². The summed E-state index contributed by atoms with van der Waals surface area (Å²) in [6, 6.07) is 11.8. The zero-order valence-corrected chi connectivity index (χ0v) is 19.7. The molecule has 1 fully saturated rings. The van der Waals surface area contributed by atoms with Gasteiger partial charge in [0.1, 0.15) is 12.2 Å². The van der Waals surface area contributed by atoms with E-state index >= 15 is 0 Å². The Morgan fingerprint density at radius 2 is 1.85 bits per heavy atom. The predicted molar refractivity (Wildman–Crippen MR) is 131 cm³/mol. The van der Waals surface area contributed by atoms with Crippen molar-refractivity contribution in [3.8, 4) is 0 Å². The Labute approximate surface area is 197 Å². The maximum Gasteiger partial charge on any atom is 0.329 e. The zero-order chi connectivity index (χ0) is 23.9. The molecule has 0 aromatic heterocycles. The Kier molecular flexibility index (Phi) is 5.76. The van der Waals surface area contributed by atoms with E-state index in [9.17, 15) is 14.4 Å². The van der Waals surface area contributed by atoms with Crippen LogP contribution in [-0.2, 0) is 9.59 Å². The minimum absolute atomic E-state index is 0.0977. The van der Waals surface area contributed by atoms with Crippen LogP contribution in [0.5, 0.6) is 0 Å². The van der Waals surface area contributed by atoms with Gasteiger partial charge in [-0.3, -0.25) is 9.59 Å². The van der Waals surface area contributed by atoms with Crippen LogP contribution < -0.4 is 15.5 Å². The van der Waals surface area contributed by atoms with Crippen molar-refractivity contribution < 1.29 is 14.4 Å². The van der Waals surface area contributed by atoms with Crippen molar-refractivity contribution in [2.24, 2.45) is 0 Å². The third kappa shape index (κ3) is 4.50. The molecule has 33 heavy (non-hydrogen) atoms. The van der Waals surface area contributed by atoms with Crippen LogP contribution in [0.1, 0.15) is 31.9 Å². The van der Waals surface area contributed by atoms with Crippen LogP contribution in [0, 0.1) is 0 Å². The smallest absolute Gasteiger partial charge is 0.329 e. The second kappa shape index (κ2) is 8.41. The standard InChI is InChI=1S/C25H25ClN4O3/c1-15-13-25(2,3)29(4)21-10-5-16(11-19(15)21)12-20-23(32)30(24(33)28-20)14-22(31)27-18-8-6-17(26)7-9-18/h5-13H,14H2,1-4H3,(H,27,31)(H,28,33)/b20-12-. The van der Waals surface area contributed by atoms with E-state index in [1.165, 1.54) is 0 Å². The topological polar surface area (TPSA) is 81.8 Å². The van der Waals surface area contributed by atoms with Crippen LogP contribution in [0.25, 0.3) is 11.6 Å². The molecule has 0 unspecified atom stereocenters. The van der Waals surface area contributed by atoms with Crippen molar-refractivity contribution in [3.05, 3.63) is 70.4 Å². The fourth-order valence-electron chi connectivity index (χ4n) is 4.03. The SMILES string of the molecule is CC1=CC(C)(C)N(C)c2ccc(/C=C3\NC(=O)N(CC(=O)Nc4ccc(Cl)cc4)C3=O)cc21. The highest BCUT2D eigenvalue weighted by Gasteiger charge is 2.35. The minimum Gasteiger partial charge on any atom is -0.366 e. The van der Waals surface area contributed by atoms with Gasteiger partial charge in [0, 0.05) is 29.0 Å². The summed E-state index contributed by atoms with van der Waals surface area (Å²) in [4.78, 5) is 40.6. The Morgan fingerprint density at radius 3 is 2.55 bits per heavy atom. The number of carbonyl (C=O) groups is 3. The maximum atomic E-state index is 12.8. The van der Waals surface area contributed by atoms with E-state index < -0.39 is 24.4 Å². The lowest BCUT2D eigenvalue weighted by Gasteiger charge is -2.40. The molecule has 1 saturated heterocycles. The lowest BCUT2D eigenvalue weighted by molar-refractivity contribution is -0.127. The molecule has 2 aliphatic heterocycles. The number of nitrogens with one attached hydrogen (secondary N) is 2. The largest absolute Gasteiger partial charge is 0.366 e. The lowest BCUT2D eigenvalue weighted by atomic mass is 9.88. The molecule has 2 N–H and O–H groups in total. The summed E-state index contributed by atoms with van der Waals surface area (Å²) < 4.78 is 0. The van der Waals surface area contributed by atoms with Crippen molar-refractivity contribution in [1.29, 1.82) is 0 Å². The summed E-state index contributed by atoms with van der Waals surface area (Å²) in [7, 11) is 2.05. The number of nitrogens with zero attached hydrogens (tertiary/aromatic N) is 2. The first-order chi connectivity index (χ1) is 15.5. The Hall–Kier alpha value is -3.58. The average molecular weight is 465 g/mol. The Balaban J connectivity index is 1.51. The highest BCUT2D eigenvalue weighted by Crippen LogP contribution is 2.38. The van der Waals surface area contributed by atoms with E-state index in [4.69, 9.17) is 11.6 Å². The van der Waals surface area contributed by atoms with Crippen molar-refractivity contribution in [2.45, 2.75) is 26.3 Å². The van der Waals surface area contributed by atoms with Crippen LogP contribution in [0.3, 0.4) is 0 Å². The first kappa shape index (κ1) is 22.6. The molecule has 7 nitrogen and oxygen atoms in total. The monoisotopic (exact) mass is 464 g/mol. The quantitative estimate of drug-likeness (QED) is 0.515. The maximum absolute atomic E-state index is 12.8.